The summed E-state index contributed by atoms with van der Waals surface area (Å²) in [5.41, 5.74) is -0.858. The van der Waals surface area contributed by atoms with E-state index < -0.39 is 17.8 Å². The predicted molar refractivity (Wildman–Crippen MR) is 170 cm³/mol. The summed E-state index contributed by atoms with van der Waals surface area (Å²) in [5.74, 6) is -0.850. The average Bonchev–Trinajstić information content (AvgIpc) is 3.65. The number of nitrogens with one attached hydrogen (secondary N) is 1. The lowest BCUT2D eigenvalue weighted by Gasteiger charge is -2.40. The SMILES string of the molecule is Cn1c(-c2cn(C3CC3)nc2C(F)(F)F)cnc1C(=O)Nc1ccc(C(=O)N2CCN(C(=O)C3(C)CCCCCCC3)CC2)c(Cl)c1. The molecule has 1 aliphatic heterocycles. The minimum atomic E-state index is -4.67. The Morgan fingerprint density at radius 1 is 0.979 bits per heavy atom. The lowest BCUT2D eigenvalue weighted by Crippen LogP contribution is -2.54. The Labute approximate surface area is 276 Å². The van der Waals surface area contributed by atoms with Crippen molar-refractivity contribution in [2.75, 3.05) is 31.5 Å². The summed E-state index contributed by atoms with van der Waals surface area (Å²) >= 11 is 6.51. The van der Waals surface area contributed by atoms with Gasteiger partial charge in [-0.25, -0.2) is 4.98 Å². The highest BCUT2D eigenvalue weighted by Gasteiger charge is 2.41. The molecule has 2 aromatic heterocycles. The number of anilines is 1. The lowest BCUT2D eigenvalue weighted by atomic mass is 9.76. The molecule has 6 rings (SSSR count). The van der Waals surface area contributed by atoms with Gasteiger partial charge in [0, 0.05) is 50.5 Å². The second-order valence-corrected chi connectivity index (χ2v) is 13.6. The van der Waals surface area contributed by atoms with Crippen molar-refractivity contribution >= 4 is 35.0 Å². The molecule has 3 amide bonds. The van der Waals surface area contributed by atoms with Crippen LogP contribution in [0.2, 0.25) is 5.02 Å². The fourth-order valence-electron chi connectivity index (χ4n) is 6.70. The molecule has 10 nitrogen and oxygen atoms in total. The fourth-order valence-corrected chi connectivity index (χ4v) is 6.96. The lowest BCUT2D eigenvalue weighted by molar-refractivity contribution is -0.144. The maximum atomic E-state index is 13.8. The highest BCUT2D eigenvalue weighted by Crippen LogP contribution is 2.41. The molecule has 2 saturated carbocycles. The molecule has 1 aromatic carbocycles. The van der Waals surface area contributed by atoms with E-state index in [0.717, 1.165) is 51.4 Å². The Morgan fingerprint density at radius 3 is 2.23 bits per heavy atom. The van der Waals surface area contributed by atoms with E-state index in [4.69, 9.17) is 11.6 Å². The van der Waals surface area contributed by atoms with E-state index in [0.29, 0.717) is 31.9 Å². The average molecular weight is 674 g/mol. The number of alkyl halides is 3. The Balaban J connectivity index is 1.09. The van der Waals surface area contributed by atoms with Crippen LogP contribution >= 0.6 is 11.6 Å². The summed E-state index contributed by atoms with van der Waals surface area (Å²) in [6.07, 6.45) is 6.92. The van der Waals surface area contributed by atoms with Crippen LogP contribution in [0.5, 0.6) is 0 Å². The molecule has 1 saturated heterocycles. The third kappa shape index (κ3) is 6.90. The van der Waals surface area contributed by atoms with Crippen molar-refractivity contribution in [3.63, 3.8) is 0 Å². The van der Waals surface area contributed by atoms with Gasteiger partial charge < -0.3 is 19.7 Å². The summed E-state index contributed by atoms with van der Waals surface area (Å²) in [4.78, 5) is 47.6. The fraction of sp³-hybridized carbons (Fsp3) is 0.545. The molecule has 3 fully saturated rings. The topological polar surface area (TPSA) is 105 Å². The molecular weight excluding hydrogens is 635 g/mol. The molecule has 0 spiro atoms. The molecule has 14 heteroatoms. The van der Waals surface area contributed by atoms with E-state index in [-0.39, 0.29) is 50.9 Å². The Morgan fingerprint density at radius 2 is 1.62 bits per heavy atom. The molecule has 3 heterocycles. The normalized spacial score (nSPS) is 18.9. The number of hydrogen-bond acceptors (Lipinski definition) is 5. The number of benzene rings is 1. The van der Waals surface area contributed by atoms with Gasteiger partial charge in [-0.05, 0) is 43.9 Å². The van der Waals surface area contributed by atoms with Gasteiger partial charge in [0.1, 0.15) is 0 Å². The van der Waals surface area contributed by atoms with Gasteiger partial charge in [-0.2, -0.15) is 18.3 Å². The number of nitrogens with zero attached hydrogens (tertiary/aromatic N) is 6. The number of imidazole rings is 1. The van der Waals surface area contributed by atoms with Crippen molar-refractivity contribution < 1.29 is 27.6 Å². The van der Waals surface area contributed by atoms with Crippen LogP contribution in [0.4, 0.5) is 18.9 Å². The Kier molecular flexibility index (Phi) is 9.12. The third-order valence-electron chi connectivity index (χ3n) is 9.67. The van der Waals surface area contributed by atoms with Gasteiger partial charge in [0.25, 0.3) is 11.8 Å². The molecule has 0 radical (unpaired) electrons. The summed E-state index contributed by atoms with van der Waals surface area (Å²) in [6, 6.07) is 4.46. The number of carbonyl (C=O) groups excluding carboxylic acids is 3. The monoisotopic (exact) mass is 673 g/mol. The van der Waals surface area contributed by atoms with E-state index in [9.17, 15) is 27.6 Å². The summed E-state index contributed by atoms with van der Waals surface area (Å²) < 4.78 is 44.0. The largest absolute Gasteiger partial charge is 0.435 e. The van der Waals surface area contributed by atoms with Crippen LogP contribution in [0.25, 0.3) is 11.3 Å². The van der Waals surface area contributed by atoms with Crippen LogP contribution in [-0.2, 0) is 18.0 Å². The maximum Gasteiger partial charge on any atom is 0.435 e. The molecule has 0 unspecified atom stereocenters. The summed E-state index contributed by atoms with van der Waals surface area (Å²) in [6.45, 7) is 3.80. The standard InChI is InChI=1S/C33H39ClF3N7O3/c1-32(12-6-4-3-5-7-13-32)31(47)43-16-14-42(15-17-43)30(46)23-11-8-21(18-25(23)34)39-29(45)28-38-19-26(41(28)2)24-20-44(22-9-10-22)40-27(24)33(35,36)37/h8,11,18-20,22H,3-7,9-10,12-17H2,1-2H3,(H,39,45). The number of carbonyl (C=O) groups is 3. The zero-order valence-corrected chi connectivity index (χ0v) is 27.3. The first kappa shape index (κ1) is 33.0. The highest BCUT2D eigenvalue weighted by atomic mass is 35.5. The van der Waals surface area contributed by atoms with Gasteiger partial charge in [0.2, 0.25) is 5.91 Å². The van der Waals surface area contributed by atoms with Crippen LogP contribution in [0, 0.1) is 5.41 Å². The highest BCUT2D eigenvalue weighted by molar-refractivity contribution is 6.34. The minimum absolute atomic E-state index is 0.0570. The maximum absolute atomic E-state index is 13.8. The number of amides is 3. The van der Waals surface area contributed by atoms with Crippen LogP contribution in [0.1, 0.15) is 97.4 Å². The van der Waals surface area contributed by atoms with Crippen molar-refractivity contribution in [1.82, 2.24) is 29.1 Å². The van der Waals surface area contributed by atoms with E-state index in [1.54, 1.807) is 4.90 Å². The number of aromatic nitrogens is 4. The van der Waals surface area contributed by atoms with Crippen LogP contribution in [-0.4, -0.2) is 73.0 Å². The van der Waals surface area contributed by atoms with Crippen molar-refractivity contribution in [2.45, 2.75) is 76.9 Å². The summed E-state index contributed by atoms with van der Waals surface area (Å²) in [7, 11) is 1.46. The van der Waals surface area contributed by atoms with Crippen LogP contribution < -0.4 is 5.32 Å². The van der Waals surface area contributed by atoms with Gasteiger partial charge >= 0.3 is 6.18 Å². The van der Waals surface area contributed by atoms with E-state index in [2.05, 4.69) is 22.3 Å². The molecule has 252 valence electrons. The molecule has 0 bridgehead atoms. The predicted octanol–water partition coefficient (Wildman–Crippen LogP) is 6.58. The second-order valence-electron chi connectivity index (χ2n) is 13.2. The van der Waals surface area contributed by atoms with Gasteiger partial charge in [-0.15, -0.1) is 0 Å². The molecule has 47 heavy (non-hydrogen) atoms. The zero-order valence-electron chi connectivity index (χ0n) is 26.6. The number of halogens is 4. The first-order chi connectivity index (χ1) is 22.4. The zero-order chi connectivity index (χ0) is 33.5. The van der Waals surface area contributed by atoms with Gasteiger partial charge in [-0.1, -0.05) is 50.6 Å². The van der Waals surface area contributed by atoms with E-state index in [1.165, 1.54) is 53.3 Å². The quantitative estimate of drug-likeness (QED) is 0.318. The van der Waals surface area contributed by atoms with Gasteiger partial charge in [0.05, 0.1) is 34.1 Å². The first-order valence-corrected chi connectivity index (χ1v) is 16.6. The van der Waals surface area contributed by atoms with Gasteiger partial charge in [0.15, 0.2) is 11.5 Å². The minimum Gasteiger partial charge on any atom is -0.339 e. The molecule has 2 aliphatic carbocycles. The number of hydrogen-bond donors (Lipinski definition) is 1. The molecule has 3 aromatic rings. The van der Waals surface area contributed by atoms with Crippen molar-refractivity contribution in [3.8, 4) is 11.3 Å². The van der Waals surface area contributed by atoms with Crippen molar-refractivity contribution in [1.29, 1.82) is 0 Å². The van der Waals surface area contributed by atoms with Crippen molar-refractivity contribution in [2.24, 2.45) is 12.5 Å². The van der Waals surface area contributed by atoms with Crippen LogP contribution in [0.15, 0.2) is 30.6 Å². The van der Waals surface area contributed by atoms with Crippen LogP contribution in [0.3, 0.4) is 0 Å². The molecule has 0 atom stereocenters. The first-order valence-electron chi connectivity index (χ1n) is 16.2. The van der Waals surface area contributed by atoms with E-state index >= 15 is 0 Å². The molecule has 1 N–H and O–H groups in total. The van der Waals surface area contributed by atoms with Gasteiger partial charge in [-0.3, -0.25) is 19.1 Å². The molecule has 3 aliphatic rings. The molecular formula is C33H39ClF3N7O3. The Bertz CT molecular complexity index is 1660. The number of rotatable bonds is 6. The third-order valence-corrected chi connectivity index (χ3v) is 9.99. The van der Waals surface area contributed by atoms with Crippen molar-refractivity contribution in [3.05, 3.63) is 52.7 Å². The smallest absolute Gasteiger partial charge is 0.339 e. The second kappa shape index (κ2) is 13.0. The summed E-state index contributed by atoms with van der Waals surface area (Å²) in [5, 5.41) is 6.58. The van der Waals surface area contributed by atoms with E-state index in [1.807, 2.05) is 4.90 Å². The Hall–Kier alpha value is -3.87. The number of piperazine rings is 1.